The van der Waals surface area contributed by atoms with Crippen LogP contribution in [0.1, 0.15) is 22.8 Å². The summed E-state index contributed by atoms with van der Waals surface area (Å²) in [6, 6.07) is 9.17. The summed E-state index contributed by atoms with van der Waals surface area (Å²) in [5.74, 6) is 0.736. The molecule has 0 radical (unpaired) electrons. The molecule has 5 nitrogen and oxygen atoms in total. The minimum Gasteiger partial charge on any atom is -0.456 e. The molecule has 0 aliphatic heterocycles. The second-order valence-corrected chi connectivity index (χ2v) is 4.92. The average molecular weight is 306 g/mol. The molecule has 2 aromatic rings. The molecule has 0 N–H and O–H groups in total. The Balaban J connectivity index is 2.28. The summed E-state index contributed by atoms with van der Waals surface area (Å²) in [7, 11) is 0. The van der Waals surface area contributed by atoms with Crippen molar-refractivity contribution < 1.29 is 14.5 Å². The van der Waals surface area contributed by atoms with Gasteiger partial charge in [0.15, 0.2) is 5.78 Å². The highest BCUT2D eigenvalue weighted by Crippen LogP contribution is 2.32. The van der Waals surface area contributed by atoms with Gasteiger partial charge in [0.2, 0.25) is 0 Å². The minimum atomic E-state index is -0.451. The highest BCUT2D eigenvalue weighted by molar-refractivity contribution is 6.32. The average Bonchev–Trinajstić information content (AvgIpc) is 2.40. The lowest BCUT2D eigenvalue weighted by atomic mass is 10.1. The standard InChI is InChI=1S/C15H12ClNO4/c1-9-7-12(4-5-14(9)17(19)20)21-15-6-3-11(10(2)18)8-13(15)16/h3-8H,1-2H3. The molecule has 2 aromatic carbocycles. The zero-order valence-corrected chi connectivity index (χ0v) is 12.2. The van der Waals surface area contributed by atoms with Gasteiger partial charge in [0.1, 0.15) is 11.5 Å². The van der Waals surface area contributed by atoms with Gasteiger partial charge in [0.25, 0.3) is 5.69 Å². The van der Waals surface area contributed by atoms with E-state index in [1.807, 2.05) is 0 Å². The number of hydrogen-bond donors (Lipinski definition) is 0. The molecule has 0 saturated heterocycles. The van der Waals surface area contributed by atoms with Crippen molar-refractivity contribution in [1.29, 1.82) is 0 Å². The Morgan fingerprint density at radius 1 is 1.24 bits per heavy atom. The fraction of sp³-hybridized carbons (Fsp3) is 0.133. The maximum absolute atomic E-state index is 11.2. The van der Waals surface area contributed by atoms with Crippen LogP contribution in [-0.4, -0.2) is 10.7 Å². The van der Waals surface area contributed by atoms with Crippen molar-refractivity contribution in [2.24, 2.45) is 0 Å². The third-order valence-electron chi connectivity index (χ3n) is 2.93. The van der Waals surface area contributed by atoms with Gasteiger partial charge in [0.05, 0.1) is 9.95 Å². The predicted octanol–water partition coefficient (Wildman–Crippen LogP) is 4.55. The van der Waals surface area contributed by atoms with E-state index in [0.29, 0.717) is 27.6 Å². The van der Waals surface area contributed by atoms with Crippen LogP contribution in [0.3, 0.4) is 0 Å². The molecule has 0 spiro atoms. The summed E-state index contributed by atoms with van der Waals surface area (Å²) in [5, 5.41) is 11.1. The molecule has 0 aromatic heterocycles. The Hall–Kier alpha value is -2.40. The summed E-state index contributed by atoms with van der Waals surface area (Å²) in [4.78, 5) is 21.6. The van der Waals surface area contributed by atoms with Gasteiger partial charge in [0, 0.05) is 17.2 Å². The Labute approximate surface area is 126 Å². The van der Waals surface area contributed by atoms with Gasteiger partial charge in [-0.05, 0) is 44.2 Å². The van der Waals surface area contributed by atoms with Crippen LogP contribution in [0.15, 0.2) is 36.4 Å². The normalized spacial score (nSPS) is 10.2. The van der Waals surface area contributed by atoms with E-state index in [-0.39, 0.29) is 11.5 Å². The van der Waals surface area contributed by atoms with Crippen LogP contribution in [0.2, 0.25) is 5.02 Å². The number of rotatable bonds is 4. The van der Waals surface area contributed by atoms with Crippen molar-refractivity contribution in [3.8, 4) is 11.5 Å². The maximum atomic E-state index is 11.2. The van der Waals surface area contributed by atoms with Gasteiger partial charge in [-0.2, -0.15) is 0 Å². The number of benzene rings is 2. The van der Waals surface area contributed by atoms with Crippen LogP contribution in [-0.2, 0) is 0 Å². The topological polar surface area (TPSA) is 69.4 Å². The monoisotopic (exact) mass is 305 g/mol. The smallest absolute Gasteiger partial charge is 0.272 e. The number of nitrogens with zero attached hydrogens (tertiary/aromatic N) is 1. The van der Waals surface area contributed by atoms with Crippen molar-refractivity contribution >= 4 is 23.1 Å². The summed E-state index contributed by atoms with van der Waals surface area (Å²) < 4.78 is 5.59. The van der Waals surface area contributed by atoms with E-state index in [0.717, 1.165) is 0 Å². The Morgan fingerprint density at radius 2 is 1.95 bits per heavy atom. The van der Waals surface area contributed by atoms with Crippen molar-refractivity contribution in [2.75, 3.05) is 0 Å². The van der Waals surface area contributed by atoms with Crippen LogP contribution in [0.25, 0.3) is 0 Å². The first-order chi connectivity index (χ1) is 9.88. The summed E-state index contributed by atoms with van der Waals surface area (Å²) in [5.41, 5.74) is 1.02. The molecule has 0 atom stereocenters. The number of carbonyl (C=O) groups excluding carboxylic acids is 1. The molecule has 0 saturated carbocycles. The molecule has 0 aliphatic rings. The van der Waals surface area contributed by atoms with Crippen molar-refractivity contribution in [3.63, 3.8) is 0 Å². The van der Waals surface area contributed by atoms with Crippen LogP contribution in [0.5, 0.6) is 11.5 Å². The second-order valence-electron chi connectivity index (χ2n) is 4.51. The lowest BCUT2D eigenvalue weighted by Gasteiger charge is -2.09. The van der Waals surface area contributed by atoms with E-state index in [2.05, 4.69) is 0 Å². The van der Waals surface area contributed by atoms with Crippen molar-refractivity contribution in [2.45, 2.75) is 13.8 Å². The minimum absolute atomic E-state index is 0.0281. The number of nitro benzene ring substituents is 1. The number of ketones is 1. The Morgan fingerprint density at radius 3 is 2.48 bits per heavy atom. The molecular weight excluding hydrogens is 294 g/mol. The largest absolute Gasteiger partial charge is 0.456 e. The summed E-state index contributed by atoms with van der Waals surface area (Å²) >= 11 is 6.06. The molecular formula is C15H12ClNO4. The third-order valence-corrected chi connectivity index (χ3v) is 3.23. The predicted molar refractivity (Wildman–Crippen MR) is 79.4 cm³/mol. The van der Waals surface area contributed by atoms with Gasteiger partial charge in [-0.3, -0.25) is 14.9 Å². The van der Waals surface area contributed by atoms with Crippen molar-refractivity contribution in [1.82, 2.24) is 0 Å². The zero-order valence-electron chi connectivity index (χ0n) is 11.4. The molecule has 6 heteroatoms. The van der Waals surface area contributed by atoms with Gasteiger partial charge in [-0.1, -0.05) is 11.6 Å². The SMILES string of the molecule is CC(=O)c1ccc(Oc2ccc([N+](=O)[O-])c(C)c2)c(Cl)c1. The molecule has 0 aliphatic carbocycles. The van der Waals surface area contributed by atoms with Crippen molar-refractivity contribution in [3.05, 3.63) is 62.7 Å². The number of halogens is 1. The van der Waals surface area contributed by atoms with Gasteiger partial charge in [-0.15, -0.1) is 0 Å². The lowest BCUT2D eigenvalue weighted by molar-refractivity contribution is -0.385. The fourth-order valence-corrected chi connectivity index (χ4v) is 2.04. The number of carbonyl (C=O) groups is 1. The van der Waals surface area contributed by atoms with E-state index >= 15 is 0 Å². The van der Waals surface area contributed by atoms with E-state index in [1.165, 1.54) is 25.1 Å². The molecule has 0 heterocycles. The molecule has 108 valence electrons. The zero-order chi connectivity index (χ0) is 15.6. The molecule has 2 rings (SSSR count). The third kappa shape index (κ3) is 3.38. The first kappa shape index (κ1) is 15.0. The number of aryl methyl sites for hydroxylation is 1. The second kappa shape index (κ2) is 5.93. The van der Waals surface area contributed by atoms with Gasteiger partial charge in [-0.25, -0.2) is 0 Å². The van der Waals surface area contributed by atoms with Gasteiger partial charge >= 0.3 is 0 Å². The fourth-order valence-electron chi connectivity index (χ4n) is 1.83. The molecule has 0 bridgehead atoms. The number of hydrogen-bond acceptors (Lipinski definition) is 4. The molecule has 21 heavy (non-hydrogen) atoms. The van der Waals surface area contributed by atoms with Crippen LogP contribution in [0.4, 0.5) is 5.69 Å². The Bertz CT molecular complexity index is 728. The first-order valence-corrected chi connectivity index (χ1v) is 6.49. The molecule has 0 unspecified atom stereocenters. The number of nitro groups is 1. The highest BCUT2D eigenvalue weighted by Gasteiger charge is 2.12. The van der Waals surface area contributed by atoms with Crippen LogP contribution < -0.4 is 4.74 Å². The van der Waals surface area contributed by atoms with Crippen LogP contribution in [0, 0.1) is 17.0 Å². The maximum Gasteiger partial charge on any atom is 0.272 e. The molecule has 0 fully saturated rings. The summed E-state index contributed by atoms with van der Waals surface area (Å²) in [6.45, 7) is 3.08. The molecule has 0 amide bonds. The number of ether oxygens (including phenoxy) is 1. The van der Waals surface area contributed by atoms with E-state index in [9.17, 15) is 14.9 Å². The lowest BCUT2D eigenvalue weighted by Crippen LogP contribution is -1.94. The van der Waals surface area contributed by atoms with Gasteiger partial charge < -0.3 is 4.74 Å². The first-order valence-electron chi connectivity index (χ1n) is 6.12. The highest BCUT2D eigenvalue weighted by atomic mass is 35.5. The summed E-state index contributed by atoms with van der Waals surface area (Å²) in [6.07, 6.45) is 0. The van der Waals surface area contributed by atoms with Crippen LogP contribution >= 0.6 is 11.6 Å². The number of Topliss-reactive ketones (excluding diaryl/α,β-unsaturated/α-hetero) is 1. The Kier molecular flexibility index (Phi) is 4.23. The van der Waals surface area contributed by atoms with E-state index in [4.69, 9.17) is 16.3 Å². The quantitative estimate of drug-likeness (QED) is 0.472. The van der Waals surface area contributed by atoms with E-state index in [1.54, 1.807) is 25.1 Å². The van der Waals surface area contributed by atoms with E-state index < -0.39 is 4.92 Å².